The summed E-state index contributed by atoms with van der Waals surface area (Å²) in [5, 5.41) is 2.82. The Kier molecular flexibility index (Phi) is 6.65. The van der Waals surface area contributed by atoms with E-state index in [0.717, 1.165) is 24.8 Å². The number of anilines is 2. The summed E-state index contributed by atoms with van der Waals surface area (Å²) in [4.78, 5) is 13.3. The van der Waals surface area contributed by atoms with E-state index in [9.17, 15) is 13.2 Å². The number of benzene rings is 3. The first-order valence-corrected chi connectivity index (χ1v) is 12.7. The number of hydrogen-bond acceptors (Lipinski definition) is 3. The molecule has 0 atom stereocenters. The highest BCUT2D eigenvalue weighted by Crippen LogP contribution is 2.42. The summed E-state index contributed by atoms with van der Waals surface area (Å²) in [6, 6.07) is 24.1. The normalized spacial score (nSPS) is 14.7. The van der Waals surface area contributed by atoms with E-state index in [0.29, 0.717) is 22.5 Å². The van der Waals surface area contributed by atoms with Crippen molar-refractivity contribution in [1.82, 2.24) is 0 Å². The van der Waals surface area contributed by atoms with Crippen LogP contribution in [0.1, 0.15) is 43.4 Å². The van der Waals surface area contributed by atoms with Gasteiger partial charge in [0.2, 0.25) is 0 Å². The highest BCUT2D eigenvalue weighted by molar-refractivity contribution is 7.97. The highest BCUT2D eigenvalue weighted by Gasteiger charge is 2.40. The zero-order valence-corrected chi connectivity index (χ0v) is 19.7. The molecule has 1 heterocycles. The van der Waals surface area contributed by atoms with Crippen LogP contribution in [-0.2, 0) is 21.2 Å². The van der Waals surface area contributed by atoms with E-state index in [1.807, 2.05) is 72.8 Å². The number of nitrogens with zero attached hydrogens (tertiary/aromatic N) is 1. The van der Waals surface area contributed by atoms with Crippen LogP contribution in [0.5, 0.6) is 0 Å². The van der Waals surface area contributed by atoms with Crippen LogP contribution >= 0.6 is 0 Å². The van der Waals surface area contributed by atoms with Crippen LogP contribution in [0.3, 0.4) is 0 Å². The molecule has 1 amide bonds. The Morgan fingerprint density at radius 3 is 2.21 bits per heavy atom. The summed E-state index contributed by atoms with van der Waals surface area (Å²) in [7, 11) is -4.06. The van der Waals surface area contributed by atoms with Gasteiger partial charge < -0.3 is 5.32 Å². The van der Waals surface area contributed by atoms with Crippen molar-refractivity contribution in [3.05, 3.63) is 100 Å². The van der Waals surface area contributed by atoms with E-state index in [-0.39, 0.29) is 11.4 Å². The topological polar surface area (TPSA) is 66.5 Å². The van der Waals surface area contributed by atoms with Crippen LogP contribution < -0.4 is 9.62 Å². The lowest BCUT2D eigenvalue weighted by atomic mass is 9.95. The molecule has 170 valence electrons. The van der Waals surface area contributed by atoms with Crippen molar-refractivity contribution in [2.75, 3.05) is 16.2 Å². The van der Waals surface area contributed by atoms with Gasteiger partial charge in [-0.05, 0) is 49.1 Å². The fourth-order valence-corrected chi connectivity index (χ4v) is 5.93. The highest BCUT2D eigenvalue weighted by atomic mass is 32.2. The van der Waals surface area contributed by atoms with E-state index in [1.165, 1.54) is 9.87 Å². The molecule has 0 unspecified atom stereocenters. The second-order valence-electron chi connectivity index (χ2n) is 8.01. The molecule has 4 rings (SSSR count). The first kappa shape index (κ1) is 22.8. The summed E-state index contributed by atoms with van der Waals surface area (Å²) in [5.41, 5.74) is 4.17. The Morgan fingerprint density at radius 1 is 0.879 bits per heavy atom. The zero-order valence-electron chi connectivity index (χ0n) is 18.9. The third-order valence-corrected chi connectivity index (χ3v) is 7.74. The molecule has 0 saturated heterocycles. The molecule has 3 aromatic rings. The average Bonchev–Trinajstić information content (AvgIpc) is 2.83. The first-order chi connectivity index (χ1) is 16.0. The van der Waals surface area contributed by atoms with Crippen molar-refractivity contribution in [3.63, 3.8) is 0 Å². The van der Waals surface area contributed by atoms with Crippen LogP contribution in [0, 0.1) is 0 Å². The number of nitrogens with one attached hydrogen (secondary N) is 1. The predicted molar refractivity (Wildman–Crippen MR) is 135 cm³/mol. The Balaban J connectivity index is 1.83. The molecule has 3 aromatic carbocycles. The lowest BCUT2D eigenvalue weighted by Crippen LogP contribution is -2.39. The molecule has 0 saturated carbocycles. The van der Waals surface area contributed by atoms with Crippen LogP contribution in [0.15, 0.2) is 83.8 Å². The molecule has 33 heavy (non-hydrogen) atoms. The summed E-state index contributed by atoms with van der Waals surface area (Å²) in [6.45, 7) is 4.14. The van der Waals surface area contributed by atoms with Gasteiger partial charge in [-0.3, -0.25) is 9.10 Å². The second kappa shape index (κ2) is 9.63. The molecule has 1 N–H and O–H groups in total. The summed E-state index contributed by atoms with van der Waals surface area (Å²) in [6.07, 6.45) is 3.19. The van der Waals surface area contributed by atoms with Gasteiger partial charge in [0.25, 0.3) is 15.9 Å². The van der Waals surface area contributed by atoms with Gasteiger partial charge in [0.1, 0.15) is 0 Å². The largest absolute Gasteiger partial charge is 0.321 e. The molecular formula is C27H28N2O3S. The van der Waals surface area contributed by atoms with Gasteiger partial charge in [-0.1, -0.05) is 74.0 Å². The molecule has 6 heteroatoms. The van der Waals surface area contributed by atoms with Crippen LogP contribution in [0.4, 0.5) is 11.4 Å². The molecule has 0 aliphatic carbocycles. The van der Waals surface area contributed by atoms with E-state index in [4.69, 9.17) is 0 Å². The number of hydrogen-bond donors (Lipinski definition) is 1. The number of fused-ring (bicyclic) bond motifs is 1. The summed E-state index contributed by atoms with van der Waals surface area (Å²) < 4.78 is 28.7. The quantitative estimate of drug-likeness (QED) is 0.499. The standard InChI is InChI=1S/C27H28N2O3S/c1-3-5-11-20-16-18-22(19-17-20)28-27(30)26-25(21-12-7-6-8-13-21)23-14-9-10-15-24(23)29(4-2)33(26,31)32/h6-10,12-19H,3-5,11H2,1-2H3,(H,28,30). The SMILES string of the molecule is CCCCc1ccc(NC(=O)C2=C(c3ccccc3)c3ccccc3N(CC)S2(=O)=O)cc1. The van der Waals surface area contributed by atoms with Crippen LogP contribution in [-0.4, -0.2) is 20.9 Å². The third kappa shape index (κ3) is 4.44. The van der Waals surface area contributed by atoms with Gasteiger partial charge >= 0.3 is 0 Å². The van der Waals surface area contributed by atoms with E-state index in [2.05, 4.69) is 12.2 Å². The molecule has 0 spiro atoms. The Hall–Kier alpha value is -3.38. The number of para-hydroxylation sites is 1. The number of carbonyl (C=O) groups is 1. The van der Waals surface area contributed by atoms with Crippen molar-refractivity contribution in [2.45, 2.75) is 33.1 Å². The van der Waals surface area contributed by atoms with Crippen molar-refractivity contribution in [3.8, 4) is 0 Å². The van der Waals surface area contributed by atoms with E-state index in [1.54, 1.807) is 13.0 Å². The minimum Gasteiger partial charge on any atom is -0.321 e. The van der Waals surface area contributed by atoms with Gasteiger partial charge in [0.15, 0.2) is 4.91 Å². The molecule has 1 aliphatic rings. The molecule has 0 bridgehead atoms. The average molecular weight is 461 g/mol. The van der Waals surface area contributed by atoms with Crippen LogP contribution in [0.2, 0.25) is 0 Å². The molecular weight excluding hydrogens is 432 g/mol. The summed E-state index contributed by atoms with van der Waals surface area (Å²) in [5.74, 6) is -0.636. The fourth-order valence-electron chi connectivity index (χ4n) is 4.18. The first-order valence-electron chi connectivity index (χ1n) is 11.3. The Morgan fingerprint density at radius 2 is 1.55 bits per heavy atom. The number of aryl methyl sites for hydroxylation is 1. The Labute approximate surface area is 195 Å². The van der Waals surface area contributed by atoms with Crippen molar-refractivity contribution < 1.29 is 13.2 Å². The molecule has 1 aliphatic heterocycles. The molecule has 0 radical (unpaired) electrons. The number of unbranched alkanes of at least 4 members (excludes halogenated alkanes) is 1. The lowest BCUT2D eigenvalue weighted by Gasteiger charge is -2.32. The third-order valence-electron chi connectivity index (χ3n) is 5.80. The molecule has 0 fully saturated rings. The minimum absolute atomic E-state index is 0.227. The van der Waals surface area contributed by atoms with Gasteiger partial charge in [-0.25, -0.2) is 8.42 Å². The zero-order chi connectivity index (χ0) is 23.4. The van der Waals surface area contributed by atoms with Crippen molar-refractivity contribution >= 4 is 32.9 Å². The van der Waals surface area contributed by atoms with Gasteiger partial charge in [0.05, 0.1) is 5.69 Å². The maximum Gasteiger partial charge on any atom is 0.270 e. The van der Waals surface area contributed by atoms with Gasteiger partial charge in [0, 0.05) is 23.4 Å². The van der Waals surface area contributed by atoms with E-state index >= 15 is 0 Å². The number of sulfonamides is 1. The fraction of sp³-hybridized carbons (Fsp3) is 0.222. The molecule has 5 nitrogen and oxygen atoms in total. The Bertz CT molecular complexity index is 1280. The number of carbonyl (C=O) groups excluding carboxylic acids is 1. The summed E-state index contributed by atoms with van der Waals surface area (Å²) >= 11 is 0. The maximum absolute atomic E-state index is 13.7. The second-order valence-corrected chi connectivity index (χ2v) is 9.81. The van der Waals surface area contributed by atoms with Gasteiger partial charge in [-0.2, -0.15) is 0 Å². The van der Waals surface area contributed by atoms with Crippen LogP contribution in [0.25, 0.3) is 5.57 Å². The maximum atomic E-state index is 13.7. The monoisotopic (exact) mass is 460 g/mol. The van der Waals surface area contributed by atoms with Crippen molar-refractivity contribution in [2.24, 2.45) is 0 Å². The number of rotatable bonds is 7. The minimum atomic E-state index is -4.06. The van der Waals surface area contributed by atoms with Crippen molar-refractivity contribution in [1.29, 1.82) is 0 Å². The number of amides is 1. The lowest BCUT2D eigenvalue weighted by molar-refractivity contribution is -0.112. The predicted octanol–water partition coefficient (Wildman–Crippen LogP) is 5.60. The molecule has 0 aromatic heterocycles. The van der Waals surface area contributed by atoms with E-state index < -0.39 is 15.9 Å². The van der Waals surface area contributed by atoms with Gasteiger partial charge in [-0.15, -0.1) is 0 Å². The smallest absolute Gasteiger partial charge is 0.270 e.